The molecule has 174 valence electrons. The van der Waals surface area contributed by atoms with Crippen LogP contribution in [0.2, 0.25) is 0 Å². The summed E-state index contributed by atoms with van der Waals surface area (Å²) < 4.78 is 90.6. The third-order valence-electron chi connectivity index (χ3n) is 5.54. The molecular weight excluding hydrogens is 454 g/mol. The highest BCUT2D eigenvalue weighted by molar-refractivity contribution is 5.65. The van der Waals surface area contributed by atoms with E-state index in [9.17, 15) is 26.3 Å². The Hall–Kier alpha value is -3.74. The predicted molar refractivity (Wildman–Crippen MR) is 118 cm³/mol. The molecule has 0 spiro atoms. The Kier molecular flexibility index (Phi) is 6.13. The third-order valence-corrected chi connectivity index (χ3v) is 5.54. The monoisotopic (exact) mass is 472 g/mol. The first-order valence-corrected chi connectivity index (χ1v) is 10.3. The lowest BCUT2D eigenvalue weighted by atomic mass is 9.72. The molecule has 7 heteroatoms. The summed E-state index contributed by atoms with van der Waals surface area (Å²) in [6, 6.07) is 25.5. The second-order valence-electron chi connectivity index (χ2n) is 7.63. The highest BCUT2D eigenvalue weighted by Crippen LogP contribution is 2.56. The third kappa shape index (κ3) is 4.25. The molecule has 0 saturated carbocycles. The first-order valence-electron chi connectivity index (χ1n) is 10.3. The van der Waals surface area contributed by atoms with Crippen LogP contribution in [0.4, 0.5) is 26.3 Å². The molecule has 0 amide bonds. The SMILES string of the molecule is FC(F)(F)C(c1ccccc1)(c1ccc(-c2ccc(Oc3ccccc3)cc2)cc1)C(F)(F)F. The van der Waals surface area contributed by atoms with Crippen LogP contribution in [-0.2, 0) is 5.41 Å². The summed E-state index contributed by atoms with van der Waals surface area (Å²) in [6.07, 6.45) is -11.2. The first kappa shape index (κ1) is 23.4. The predicted octanol–water partition coefficient (Wildman–Crippen LogP) is 8.56. The number of halogens is 6. The van der Waals surface area contributed by atoms with Crippen molar-refractivity contribution >= 4 is 0 Å². The number of benzene rings is 4. The van der Waals surface area contributed by atoms with Crippen molar-refractivity contribution in [2.75, 3.05) is 0 Å². The molecule has 0 atom stereocenters. The molecule has 0 unspecified atom stereocenters. The van der Waals surface area contributed by atoms with Crippen molar-refractivity contribution < 1.29 is 31.1 Å². The number of hydrogen-bond donors (Lipinski definition) is 0. The van der Waals surface area contributed by atoms with E-state index in [1.54, 1.807) is 36.4 Å². The van der Waals surface area contributed by atoms with Gasteiger partial charge in [0.15, 0.2) is 0 Å². The highest BCUT2D eigenvalue weighted by atomic mass is 19.4. The van der Waals surface area contributed by atoms with Gasteiger partial charge in [-0.05, 0) is 46.5 Å². The maximum atomic E-state index is 14.2. The van der Waals surface area contributed by atoms with E-state index in [0.717, 1.165) is 36.4 Å². The Morgan fingerprint density at radius 3 is 1.26 bits per heavy atom. The zero-order valence-corrected chi connectivity index (χ0v) is 17.6. The van der Waals surface area contributed by atoms with Gasteiger partial charge in [0.25, 0.3) is 0 Å². The van der Waals surface area contributed by atoms with Gasteiger partial charge in [-0.25, -0.2) is 0 Å². The summed E-state index contributed by atoms with van der Waals surface area (Å²) in [5.41, 5.74) is -4.83. The molecule has 0 bridgehead atoms. The summed E-state index contributed by atoms with van der Waals surface area (Å²) in [7, 11) is 0. The van der Waals surface area contributed by atoms with Crippen molar-refractivity contribution in [3.05, 3.63) is 120 Å². The molecular formula is C27H18F6O. The second-order valence-corrected chi connectivity index (χ2v) is 7.63. The van der Waals surface area contributed by atoms with E-state index in [1.807, 2.05) is 18.2 Å². The fourth-order valence-electron chi connectivity index (χ4n) is 3.92. The summed E-state index contributed by atoms with van der Waals surface area (Å²) >= 11 is 0. The van der Waals surface area contributed by atoms with Gasteiger partial charge in [-0.3, -0.25) is 0 Å². The Bertz CT molecular complexity index is 1200. The summed E-state index contributed by atoms with van der Waals surface area (Å²) in [4.78, 5) is 0. The number of alkyl halides is 6. The van der Waals surface area contributed by atoms with Crippen molar-refractivity contribution in [1.82, 2.24) is 0 Å². The van der Waals surface area contributed by atoms with Gasteiger partial charge in [0.05, 0.1) is 0 Å². The number of rotatable bonds is 5. The lowest BCUT2D eigenvalue weighted by Crippen LogP contribution is -2.54. The van der Waals surface area contributed by atoms with Crippen LogP contribution in [-0.4, -0.2) is 12.4 Å². The zero-order chi connectivity index (χ0) is 24.4. The Morgan fingerprint density at radius 1 is 0.412 bits per heavy atom. The molecule has 0 N–H and O–H groups in total. The quantitative estimate of drug-likeness (QED) is 0.265. The van der Waals surface area contributed by atoms with E-state index in [2.05, 4.69) is 0 Å². The van der Waals surface area contributed by atoms with Crippen LogP contribution in [0.5, 0.6) is 11.5 Å². The van der Waals surface area contributed by atoms with E-state index in [4.69, 9.17) is 4.74 Å². The maximum absolute atomic E-state index is 14.2. The van der Waals surface area contributed by atoms with Crippen molar-refractivity contribution in [1.29, 1.82) is 0 Å². The average molecular weight is 472 g/mol. The minimum Gasteiger partial charge on any atom is -0.457 e. The van der Waals surface area contributed by atoms with E-state index < -0.39 is 28.9 Å². The van der Waals surface area contributed by atoms with Gasteiger partial charge in [-0.2, -0.15) is 26.3 Å². The lowest BCUT2D eigenvalue weighted by Gasteiger charge is -2.38. The second kappa shape index (κ2) is 8.89. The van der Waals surface area contributed by atoms with Crippen LogP contribution in [0.1, 0.15) is 11.1 Å². The van der Waals surface area contributed by atoms with Crippen molar-refractivity contribution in [2.45, 2.75) is 17.8 Å². The van der Waals surface area contributed by atoms with Crippen LogP contribution in [0, 0.1) is 0 Å². The van der Waals surface area contributed by atoms with Gasteiger partial charge in [0.2, 0.25) is 5.41 Å². The smallest absolute Gasteiger partial charge is 0.411 e. The van der Waals surface area contributed by atoms with Crippen molar-refractivity contribution in [2.24, 2.45) is 0 Å². The van der Waals surface area contributed by atoms with Crippen LogP contribution >= 0.6 is 0 Å². The van der Waals surface area contributed by atoms with Crippen molar-refractivity contribution in [3.8, 4) is 22.6 Å². The van der Waals surface area contributed by atoms with E-state index in [1.165, 1.54) is 18.2 Å². The highest BCUT2D eigenvalue weighted by Gasteiger charge is 2.72. The summed E-state index contributed by atoms with van der Waals surface area (Å²) in [5.74, 6) is 1.18. The molecule has 4 rings (SSSR count). The fraction of sp³-hybridized carbons (Fsp3) is 0.111. The van der Waals surface area contributed by atoms with Gasteiger partial charge >= 0.3 is 12.4 Å². The molecule has 34 heavy (non-hydrogen) atoms. The first-order chi connectivity index (χ1) is 16.1. The summed E-state index contributed by atoms with van der Waals surface area (Å²) in [5, 5.41) is 0. The topological polar surface area (TPSA) is 9.23 Å². The van der Waals surface area contributed by atoms with E-state index >= 15 is 0 Å². The van der Waals surface area contributed by atoms with Crippen LogP contribution in [0.25, 0.3) is 11.1 Å². The van der Waals surface area contributed by atoms with Gasteiger partial charge in [-0.1, -0.05) is 84.9 Å². The lowest BCUT2D eigenvalue weighted by molar-refractivity contribution is -0.288. The van der Waals surface area contributed by atoms with Crippen LogP contribution in [0.3, 0.4) is 0 Å². The number of ether oxygens (including phenoxy) is 1. The molecule has 0 aliphatic carbocycles. The Morgan fingerprint density at radius 2 is 0.794 bits per heavy atom. The Labute approximate surface area is 192 Å². The molecule has 0 saturated heterocycles. The fourth-order valence-corrected chi connectivity index (χ4v) is 3.92. The minimum absolute atomic E-state index is 0.473. The molecule has 4 aromatic rings. The molecule has 1 nitrogen and oxygen atoms in total. The number of hydrogen-bond acceptors (Lipinski definition) is 1. The van der Waals surface area contributed by atoms with E-state index in [-0.39, 0.29) is 0 Å². The van der Waals surface area contributed by atoms with Gasteiger partial charge in [-0.15, -0.1) is 0 Å². The van der Waals surface area contributed by atoms with Gasteiger partial charge in [0, 0.05) is 0 Å². The van der Waals surface area contributed by atoms with Crippen LogP contribution < -0.4 is 4.74 Å². The Balaban J connectivity index is 1.70. The van der Waals surface area contributed by atoms with Gasteiger partial charge < -0.3 is 4.74 Å². The average Bonchev–Trinajstić information content (AvgIpc) is 2.80. The largest absolute Gasteiger partial charge is 0.457 e. The number of para-hydroxylation sites is 1. The molecule has 4 aromatic carbocycles. The van der Waals surface area contributed by atoms with Gasteiger partial charge in [0.1, 0.15) is 11.5 Å². The zero-order valence-electron chi connectivity index (χ0n) is 17.6. The minimum atomic E-state index is -5.61. The van der Waals surface area contributed by atoms with Crippen molar-refractivity contribution in [3.63, 3.8) is 0 Å². The molecule has 0 aromatic heterocycles. The van der Waals surface area contributed by atoms with Crippen LogP contribution in [0.15, 0.2) is 109 Å². The van der Waals surface area contributed by atoms with E-state index in [0.29, 0.717) is 22.6 Å². The molecule has 0 radical (unpaired) electrons. The standard InChI is InChI=1S/C27H18F6O/c28-26(29,30)25(27(31,32)33,21-7-3-1-4-8-21)22-15-11-19(12-16-22)20-13-17-24(18-14-20)34-23-9-5-2-6-10-23/h1-18H. The molecule has 0 aliphatic heterocycles. The molecule has 0 aliphatic rings. The summed E-state index contributed by atoms with van der Waals surface area (Å²) in [6.45, 7) is 0. The molecule has 0 heterocycles. The molecule has 0 fully saturated rings. The maximum Gasteiger partial charge on any atom is 0.411 e. The normalized spacial score (nSPS) is 12.4.